The van der Waals surface area contributed by atoms with E-state index in [0.29, 0.717) is 23.1 Å². The fourth-order valence-electron chi connectivity index (χ4n) is 3.62. The second-order valence-corrected chi connectivity index (χ2v) is 10.4. The van der Waals surface area contributed by atoms with Crippen LogP contribution in [0.4, 0.5) is 5.69 Å². The van der Waals surface area contributed by atoms with Gasteiger partial charge in [-0.1, -0.05) is 49.7 Å². The van der Waals surface area contributed by atoms with E-state index in [1.807, 2.05) is 25.1 Å². The summed E-state index contributed by atoms with van der Waals surface area (Å²) >= 11 is 0. The fourth-order valence-corrected chi connectivity index (χ4v) is 5.04. The van der Waals surface area contributed by atoms with Crippen molar-refractivity contribution in [1.29, 1.82) is 0 Å². The minimum Gasteiger partial charge on any atom is -0.454 e. The van der Waals surface area contributed by atoms with Gasteiger partial charge in [-0.25, -0.2) is 8.42 Å². The molecule has 0 spiro atoms. The summed E-state index contributed by atoms with van der Waals surface area (Å²) in [6.07, 6.45) is 0. The highest BCUT2D eigenvalue weighted by Gasteiger charge is 2.27. The molecule has 0 unspecified atom stereocenters. The molecule has 0 atom stereocenters. The van der Waals surface area contributed by atoms with Crippen LogP contribution in [0.15, 0.2) is 71.6 Å². The molecule has 3 aromatic carbocycles. The number of carbonyl (C=O) groups is 1. The number of sulfonamides is 1. The lowest BCUT2D eigenvalue weighted by Gasteiger charge is -2.24. The molecular formula is C26H28N2O5S. The van der Waals surface area contributed by atoms with Gasteiger partial charge in [0.15, 0.2) is 11.5 Å². The van der Waals surface area contributed by atoms with E-state index in [2.05, 4.69) is 19.2 Å². The maximum absolute atomic E-state index is 13.5. The number of amides is 1. The Labute approximate surface area is 200 Å². The average Bonchev–Trinajstić information content (AvgIpc) is 3.29. The third-order valence-corrected chi connectivity index (χ3v) is 7.46. The van der Waals surface area contributed by atoms with Gasteiger partial charge < -0.3 is 14.8 Å². The normalized spacial score (nSPS) is 12.6. The molecule has 7 nitrogen and oxygen atoms in total. The molecule has 0 aromatic heterocycles. The Morgan fingerprint density at radius 3 is 2.32 bits per heavy atom. The number of hydrogen-bond donors (Lipinski definition) is 1. The van der Waals surface area contributed by atoms with Crippen molar-refractivity contribution in [3.8, 4) is 11.5 Å². The molecule has 178 valence electrons. The van der Waals surface area contributed by atoms with Gasteiger partial charge in [0.05, 0.1) is 10.6 Å². The summed E-state index contributed by atoms with van der Waals surface area (Å²) in [5.41, 5.74) is 3.30. The first-order chi connectivity index (χ1) is 16.2. The number of carbonyl (C=O) groups excluding carboxylic acids is 1. The first-order valence-corrected chi connectivity index (χ1v) is 12.5. The third-order valence-electron chi connectivity index (χ3n) is 5.67. The van der Waals surface area contributed by atoms with Crippen LogP contribution >= 0.6 is 0 Å². The van der Waals surface area contributed by atoms with Gasteiger partial charge in [0.2, 0.25) is 12.7 Å². The van der Waals surface area contributed by atoms with Crippen LogP contribution in [0, 0.1) is 6.92 Å². The lowest BCUT2D eigenvalue weighted by Crippen LogP contribution is -2.40. The molecule has 4 rings (SSSR count). The molecule has 0 fully saturated rings. The van der Waals surface area contributed by atoms with Crippen LogP contribution < -0.4 is 19.1 Å². The maximum atomic E-state index is 13.5. The molecular weight excluding hydrogens is 452 g/mol. The molecule has 34 heavy (non-hydrogen) atoms. The highest BCUT2D eigenvalue weighted by molar-refractivity contribution is 7.92. The summed E-state index contributed by atoms with van der Waals surface area (Å²) in [5.74, 6) is 1.18. The number of rotatable bonds is 8. The van der Waals surface area contributed by atoms with Gasteiger partial charge in [0.25, 0.3) is 10.0 Å². The van der Waals surface area contributed by atoms with Crippen LogP contribution in [0.25, 0.3) is 0 Å². The van der Waals surface area contributed by atoms with Gasteiger partial charge in [0.1, 0.15) is 6.54 Å². The Hall–Kier alpha value is -3.52. The standard InChI is InChI=1S/C26H28N2O5S/c1-18(2)21-7-9-22(10-8-21)28(34(30,31)23-11-4-19(3)5-12-23)16-26(29)27-15-20-6-13-24-25(14-20)33-17-32-24/h4-14,18H,15-17H2,1-3H3,(H,27,29). The quantitative estimate of drug-likeness (QED) is 0.518. The van der Waals surface area contributed by atoms with Crippen molar-refractivity contribution in [3.63, 3.8) is 0 Å². The number of benzene rings is 3. The van der Waals surface area contributed by atoms with E-state index in [-0.39, 0.29) is 24.8 Å². The molecule has 8 heteroatoms. The predicted octanol–water partition coefficient (Wildman–Crippen LogP) is 4.36. The van der Waals surface area contributed by atoms with E-state index in [4.69, 9.17) is 9.47 Å². The van der Waals surface area contributed by atoms with E-state index in [0.717, 1.165) is 21.0 Å². The number of hydrogen-bond acceptors (Lipinski definition) is 5. The molecule has 0 saturated carbocycles. The molecule has 3 aromatic rings. The molecule has 0 saturated heterocycles. The van der Waals surface area contributed by atoms with Crippen LogP contribution in [-0.4, -0.2) is 27.7 Å². The monoisotopic (exact) mass is 480 g/mol. The molecule has 0 bridgehead atoms. The van der Waals surface area contributed by atoms with Gasteiger partial charge >= 0.3 is 0 Å². The zero-order valence-electron chi connectivity index (χ0n) is 19.4. The number of aryl methyl sites for hydroxylation is 1. The topological polar surface area (TPSA) is 84.9 Å². The molecule has 1 amide bonds. The molecule has 1 aliphatic rings. The lowest BCUT2D eigenvalue weighted by molar-refractivity contribution is -0.119. The third kappa shape index (κ3) is 5.17. The van der Waals surface area contributed by atoms with Crippen molar-refractivity contribution in [2.75, 3.05) is 17.6 Å². The number of nitrogens with one attached hydrogen (secondary N) is 1. The maximum Gasteiger partial charge on any atom is 0.264 e. The van der Waals surface area contributed by atoms with Crippen LogP contribution in [0.3, 0.4) is 0 Å². The van der Waals surface area contributed by atoms with E-state index in [9.17, 15) is 13.2 Å². The van der Waals surface area contributed by atoms with Crippen LogP contribution in [0.1, 0.15) is 36.5 Å². The zero-order chi connectivity index (χ0) is 24.3. The van der Waals surface area contributed by atoms with Crippen LogP contribution in [-0.2, 0) is 21.4 Å². The SMILES string of the molecule is Cc1ccc(S(=O)(=O)N(CC(=O)NCc2ccc3c(c2)OCO3)c2ccc(C(C)C)cc2)cc1. The van der Waals surface area contributed by atoms with Crippen molar-refractivity contribution in [1.82, 2.24) is 5.32 Å². The van der Waals surface area contributed by atoms with E-state index in [1.54, 1.807) is 48.5 Å². The number of fused-ring (bicyclic) bond motifs is 1. The first-order valence-electron chi connectivity index (χ1n) is 11.1. The number of ether oxygens (including phenoxy) is 2. The van der Waals surface area contributed by atoms with Crippen molar-refractivity contribution >= 4 is 21.6 Å². The molecule has 0 radical (unpaired) electrons. The minimum atomic E-state index is -3.95. The summed E-state index contributed by atoms with van der Waals surface area (Å²) in [4.78, 5) is 13.0. The van der Waals surface area contributed by atoms with Gasteiger partial charge in [-0.15, -0.1) is 0 Å². The number of anilines is 1. The van der Waals surface area contributed by atoms with Gasteiger partial charge in [-0.3, -0.25) is 9.10 Å². The average molecular weight is 481 g/mol. The van der Waals surface area contributed by atoms with Crippen molar-refractivity contribution in [3.05, 3.63) is 83.4 Å². The largest absolute Gasteiger partial charge is 0.454 e. The van der Waals surface area contributed by atoms with E-state index in [1.165, 1.54) is 0 Å². The lowest BCUT2D eigenvalue weighted by atomic mass is 10.0. The fraction of sp³-hybridized carbons (Fsp3) is 0.269. The first kappa shape index (κ1) is 23.6. The van der Waals surface area contributed by atoms with Gasteiger partial charge in [-0.2, -0.15) is 0 Å². The van der Waals surface area contributed by atoms with Crippen LogP contribution in [0.2, 0.25) is 0 Å². The molecule has 1 aliphatic heterocycles. The Balaban J connectivity index is 1.56. The summed E-state index contributed by atoms with van der Waals surface area (Å²) < 4.78 is 38.9. The molecule has 1 N–H and O–H groups in total. The van der Waals surface area contributed by atoms with Gasteiger partial charge in [-0.05, 0) is 60.4 Å². The second-order valence-electron chi connectivity index (χ2n) is 8.54. The molecule has 1 heterocycles. The predicted molar refractivity (Wildman–Crippen MR) is 131 cm³/mol. The van der Waals surface area contributed by atoms with Crippen LogP contribution in [0.5, 0.6) is 11.5 Å². The highest BCUT2D eigenvalue weighted by Crippen LogP contribution is 2.32. The Kier molecular flexibility index (Phi) is 6.79. The summed E-state index contributed by atoms with van der Waals surface area (Å²) in [7, 11) is -3.95. The highest BCUT2D eigenvalue weighted by atomic mass is 32.2. The zero-order valence-corrected chi connectivity index (χ0v) is 20.3. The second kappa shape index (κ2) is 9.77. The van der Waals surface area contributed by atoms with Crippen molar-refractivity contribution < 1.29 is 22.7 Å². The summed E-state index contributed by atoms with van der Waals surface area (Å²) in [6, 6.07) is 19.3. The molecule has 0 aliphatic carbocycles. The van der Waals surface area contributed by atoms with Crippen molar-refractivity contribution in [2.24, 2.45) is 0 Å². The Morgan fingerprint density at radius 1 is 0.971 bits per heavy atom. The van der Waals surface area contributed by atoms with Gasteiger partial charge in [0, 0.05) is 6.54 Å². The Bertz CT molecular complexity index is 1270. The summed E-state index contributed by atoms with van der Waals surface area (Å²) in [5, 5.41) is 2.81. The summed E-state index contributed by atoms with van der Waals surface area (Å²) in [6.45, 7) is 6.09. The smallest absolute Gasteiger partial charge is 0.264 e. The Morgan fingerprint density at radius 2 is 1.65 bits per heavy atom. The van der Waals surface area contributed by atoms with Crippen molar-refractivity contribution in [2.45, 2.75) is 38.1 Å². The minimum absolute atomic E-state index is 0.134. The van der Waals surface area contributed by atoms with E-state index < -0.39 is 15.9 Å². The van der Waals surface area contributed by atoms with E-state index >= 15 is 0 Å². The number of nitrogens with zero attached hydrogens (tertiary/aromatic N) is 1.